The van der Waals surface area contributed by atoms with Gasteiger partial charge >= 0.3 is 0 Å². The van der Waals surface area contributed by atoms with Crippen LogP contribution in [0.1, 0.15) is 27.3 Å². The fraction of sp³-hybridized carbons (Fsp3) is 0.174. The van der Waals surface area contributed by atoms with E-state index in [0.29, 0.717) is 12.1 Å². The Bertz CT molecular complexity index is 1160. The molecule has 0 saturated carbocycles. The van der Waals surface area contributed by atoms with Crippen molar-refractivity contribution >= 4 is 21.8 Å². The molecular weight excluding hydrogens is 442 g/mol. The van der Waals surface area contributed by atoms with Gasteiger partial charge in [0.05, 0.1) is 27.7 Å². The normalized spacial score (nSPS) is 10.9. The molecule has 0 aliphatic rings. The minimum Gasteiger partial charge on any atom is -0.352 e. The van der Waals surface area contributed by atoms with Crippen LogP contribution in [-0.2, 0) is 6.42 Å². The summed E-state index contributed by atoms with van der Waals surface area (Å²) in [7, 11) is 0. The SMILES string of the molecule is Cc1cc(C)n(-c2ccc(CCNC(=O)c3ccc(-n4cc(Br)cn4)cc3)cc2)n1. The van der Waals surface area contributed by atoms with Gasteiger partial charge in [-0.1, -0.05) is 12.1 Å². The van der Waals surface area contributed by atoms with Crippen molar-refractivity contribution < 1.29 is 4.79 Å². The van der Waals surface area contributed by atoms with Gasteiger partial charge in [0.25, 0.3) is 5.91 Å². The zero-order valence-corrected chi connectivity index (χ0v) is 18.4. The van der Waals surface area contributed by atoms with Crippen molar-refractivity contribution in [2.45, 2.75) is 20.3 Å². The van der Waals surface area contributed by atoms with Gasteiger partial charge in [-0.3, -0.25) is 4.79 Å². The largest absolute Gasteiger partial charge is 0.352 e. The molecule has 7 heteroatoms. The number of hydrogen-bond donors (Lipinski definition) is 1. The lowest BCUT2D eigenvalue weighted by Gasteiger charge is -2.08. The molecule has 0 spiro atoms. The Balaban J connectivity index is 1.31. The molecule has 1 amide bonds. The summed E-state index contributed by atoms with van der Waals surface area (Å²) in [6.07, 6.45) is 4.36. The Labute approximate surface area is 183 Å². The summed E-state index contributed by atoms with van der Waals surface area (Å²) in [6.45, 7) is 4.61. The third-order valence-electron chi connectivity index (χ3n) is 4.83. The van der Waals surface area contributed by atoms with Crippen molar-refractivity contribution in [3.05, 3.63) is 94.0 Å². The van der Waals surface area contributed by atoms with Crippen molar-refractivity contribution in [2.24, 2.45) is 0 Å². The van der Waals surface area contributed by atoms with Gasteiger partial charge in [0, 0.05) is 24.0 Å². The molecule has 2 heterocycles. The van der Waals surface area contributed by atoms with E-state index in [1.54, 1.807) is 10.9 Å². The molecule has 4 aromatic rings. The van der Waals surface area contributed by atoms with E-state index in [0.717, 1.165) is 33.7 Å². The van der Waals surface area contributed by atoms with Gasteiger partial charge in [-0.15, -0.1) is 0 Å². The van der Waals surface area contributed by atoms with Gasteiger partial charge in [0.2, 0.25) is 0 Å². The predicted molar refractivity (Wildman–Crippen MR) is 120 cm³/mol. The van der Waals surface area contributed by atoms with E-state index in [-0.39, 0.29) is 5.91 Å². The van der Waals surface area contributed by atoms with Crippen LogP contribution in [0, 0.1) is 13.8 Å². The van der Waals surface area contributed by atoms with Crippen LogP contribution in [0.5, 0.6) is 0 Å². The predicted octanol–water partition coefficient (Wildman–Crippen LogP) is 4.41. The van der Waals surface area contributed by atoms with E-state index in [9.17, 15) is 4.79 Å². The van der Waals surface area contributed by atoms with E-state index < -0.39 is 0 Å². The molecule has 0 unspecified atom stereocenters. The van der Waals surface area contributed by atoms with E-state index >= 15 is 0 Å². The van der Waals surface area contributed by atoms with Crippen LogP contribution in [0.25, 0.3) is 11.4 Å². The number of hydrogen-bond acceptors (Lipinski definition) is 3. The number of amides is 1. The average Bonchev–Trinajstić information content (AvgIpc) is 3.33. The number of aromatic nitrogens is 4. The van der Waals surface area contributed by atoms with E-state index in [2.05, 4.69) is 61.8 Å². The van der Waals surface area contributed by atoms with Crippen molar-refractivity contribution in [2.75, 3.05) is 6.54 Å². The Morgan fingerprint density at radius 3 is 2.33 bits per heavy atom. The number of nitrogens with zero attached hydrogens (tertiary/aromatic N) is 4. The maximum Gasteiger partial charge on any atom is 0.251 e. The number of nitrogens with one attached hydrogen (secondary N) is 1. The molecule has 30 heavy (non-hydrogen) atoms. The van der Waals surface area contributed by atoms with E-state index in [4.69, 9.17) is 0 Å². The molecule has 0 bridgehead atoms. The lowest BCUT2D eigenvalue weighted by molar-refractivity contribution is 0.0954. The molecule has 1 N–H and O–H groups in total. The second-order valence-electron chi connectivity index (χ2n) is 7.16. The maximum absolute atomic E-state index is 12.4. The fourth-order valence-electron chi connectivity index (χ4n) is 3.32. The average molecular weight is 464 g/mol. The summed E-state index contributed by atoms with van der Waals surface area (Å²) in [4.78, 5) is 12.4. The number of carbonyl (C=O) groups excluding carboxylic acids is 1. The molecule has 152 valence electrons. The highest BCUT2D eigenvalue weighted by atomic mass is 79.9. The standard InChI is InChI=1S/C23H22BrN5O/c1-16-13-17(2)29(27-16)22-7-3-18(4-8-22)11-12-25-23(30)19-5-9-21(10-6-19)28-15-20(24)14-26-28/h3-10,13-15H,11-12H2,1-2H3,(H,25,30). The second-order valence-corrected chi connectivity index (χ2v) is 8.08. The van der Waals surface area contributed by atoms with Crippen LogP contribution >= 0.6 is 15.9 Å². The van der Waals surface area contributed by atoms with E-state index in [1.807, 2.05) is 49.0 Å². The number of halogens is 1. The summed E-state index contributed by atoms with van der Waals surface area (Å²) >= 11 is 3.38. The van der Waals surface area contributed by atoms with Crippen LogP contribution in [0.4, 0.5) is 0 Å². The smallest absolute Gasteiger partial charge is 0.251 e. The lowest BCUT2D eigenvalue weighted by atomic mass is 10.1. The van der Waals surface area contributed by atoms with Gasteiger partial charge < -0.3 is 5.32 Å². The fourth-order valence-corrected chi connectivity index (χ4v) is 3.61. The van der Waals surface area contributed by atoms with Crippen molar-refractivity contribution in [3.8, 4) is 11.4 Å². The van der Waals surface area contributed by atoms with Crippen LogP contribution in [0.15, 0.2) is 71.5 Å². The summed E-state index contributed by atoms with van der Waals surface area (Å²) in [6, 6.07) is 17.7. The molecule has 2 aromatic heterocycles. The molecular formula is C23H22BrN5O. The quantitative estimate of drug-likeness (QED) is 0.460. The van der Waals surface area contributed by atoms with Crippen molar-refractivity contribution in [1.82, 2.24) is 24.9 Å². The molecule has 0 atom stereocenters. The molecule has 0 aliphatic carbocycles. The third-order valence-corrected chi connectivity index (χ3v) is 5.24. The van der Waals surface area contributed by atoms with Gasteiger partial charge in [-0.05, 0) is 84.2 Å². The van der Waals surface area contributed by atoms with Crippen molar-refractivity contribution in [1.29, 1.82) is 0 Å². The molecule has 0 aliphatic heterocycles. The number of rotatable bonds is 6. The van der Waals surface area contributed by atoms with Crippen LogP contribution in [-0.4, -0.2) is 32.0 Å². The van der Waals surface area contributed by atoms with E-state index in [1.165, 1.54) is 5.56 Å². The highest BCUT2D eigenvalue weighted by Gasteiger charge is 2.07. The second kappa shape index (κ2) is 8.67. The van der Waals surface area contributed by atoms with Gasteiger partial charge in [0.1, 0.15) is 0 Å². The third kappa shape index (κ3) is 4.52. The molecule has 4 rings (SSSR count). The number of aryl methyl sites for hydroxylation is 2. The summed E-state index contributed by atoms with van der Waals surface area (Å²) in [5.41, 5.74) is 5.85. The monoisotopic (exact) mass is 463 g/mol. The highest BCUT2D eigenvalue weighted by molar-refractivity contribution is 9.10. The Morgan fingerprint density at radius 2 is 1.73 bits per heavy atom. The lowest BCUT2D eigenvalue weighted by Crippen LogP contribution is -2.25. The summed E-state index contributed by atoms with van der Waals surface area (Å²) < 4.78 is 4.60. The number of carbonyl (C=O) groups is 1. The molecule has 0 fully saturated rings. The molecule has 6 nitrogen and oxygen atoms in total. The van der Waals surface area contributed by atoms with Gasteiger partial charge in [0.15, 0.2) is 0 Å². The Hall–Kier alpha value is -3.19. The number of benzene rings is 2. The molecule has 0 radical (unpaired) electrons. The first-order chi connectivity index (χ1) is 14.5. The molecule has 0 saturated heterocycles. The summed E-state index contributed by atoms with van der Waals surface area (Å²) in [5.74, 6) is -0.0811. The zero-order valence-electron chi connectivity index (χ0n) is 16.8. The van der Waals surface area contributed by atoms with Crippen LogP contribution in [0.3, 0.4) is 0 Å². The van der Waals surface area contributed by atoms with Gasteiger partial charge in [-0.25, -0.2) is 9.36 Å². The topological polar surface area (TPSA) is 64.7 Å². The van der Waals surface area contributed by atoms with Gasteiger partial charge in [-0.2, -0.15) is 10.2 Å². The van der Waals surface area contributed by atoms with Crippen LogP contribution < -0.4 is 5.32 Å². The van der Waals surface area contributed by atoms with Crippen molar-refractivity contribution in [3.63, 3.8) is 0 Å². The minimum atomic E-state index is -0.0811. The maximum atomic E-state index is 12.4. The minimum absolute atomic E-state index is 0.0811. The Kier molecular flexibility index (Phi) is 5.81. The Morgan fingerprint density at radius 1 is 1.03 bits per heavy atom. The zero-order chi connectivity index (χ0) is 21.1. The highest BCUT2D eigenvalue weighted by Crippen LogP contribution is 2.15. The summed E-state index contributed by atoms with van der Waals surface area (Å²) in [5, 5.41) is 11.7. The van der Waals surface area contributed by atoms with Crippen LogP contribution in [0.2, 0.25) is 0 Å². The first-order valence-electron chi connectivity index (χ1n) is 9.71. The first-order valence-corrected chi connectivity index (χ1v) is 10.5. The first kappa shape index (κ1) is 20.1. The molecule has 2 aromatic carbocycles.